The Bertz CT molecular complexity index is 811. The van der Waals surface area contributed by atoms with Crippen molar-refractivity contribution in [2.24, 2.45) is 0 Å². The Labute approximate surface area is 128 Å². The predicted molar refractivity (Wildman–Crippen MR) is 85.0 cm³/mol. The van der Waals surface area contributed by atoms with E-state index in [0.29, 0.717) is 11.3 Å². The molecule has 1 aromatic heterocycles. The lowest BCUT2D eigenvalue weighted by atomic mass is 10.1. The van der Waals surface area contributed by atoms with E-state index in [0.717, 1.165) is 10.4 Å². The summed E-state index contributed by atoms with van der Waals surface area (Å²) in [5.74, 6) is 5.36. The molecule has 2 N–H and O–H groups in total. The summed E-state index contributed by atoms with van der Waals surface area (Å²) in [5.41, 5.74) is 2.06. The van der Waals surface area contributed by atoms with Crippen molar-refractivity contribution in [1.82, 2.24) is 0 Å². The van der Waals surface area contributed by atoms with Crippen LogP contribution in [0.25, 0.3) is 0 Å². The molecular formula is C15H15NO3S2. The fourth-order valence-electron chi connectivity index (χ4n) is 1.72. The fourth-order valence-corrected chi connectivity index (χ4v) is 4.05. The van der Waals surface area contributed by atoms with Gasteiger partial charge in [-0.25, -0.2) is 8.42 Å². The third-order valence-corrected chi connectivity index (χ3v) is 5.65. The molecule has 110 valence electrons. The highest BCUT2D eigenvalue weighted by Gasteiger charge is 2.16. The van der Waals surface area contributed by atoms with Crippen molar-refractivity contribution in [1.29, 1.82) is 0 Å². The van der Waals surface area contributed by atoms with Gasteiger partial charge in [0.05, 0.1) is 5.69 Å². The molecule has 0 saturated heterocycles. The third kappa shape index (κ3) is 3.85. The topological polar surface area (TPSA) is 66.4 Å². The molecule has 0 aliphatic heterocycles. The lowest BCUT2D eigenvalue weighted by Gasteiger charge is -2.08. The minimum atomic E-state index is -3.57. The minimum Gasteiger partial charge on any atom is -0.384 e. The number of thiophene rings is 1. The van der Waals surface area contributed by atoms with Gasteiger partial charge < -0.3 is 5.11 Å². The number of aliphatic hydroxyl groups is 1. The molecule has 2 rings (SSSR count). The molecule has 1 heterocycles. The summed E-state index contributed by atoms with van der Waals surface area (Å²) in [6.45, 7) is 3.50. The molecule has 0 saturated carbocycles. The molecule has 4 nitrogen and oxygen atoms in total. The van der Waals surface area contributed by atoms with Gasteiger partial charge in [-0.05, 0) is 43.7 Å². The lowest BCUT2D eigenvalue weighted by molar-refractivity contribution is 0.350. The molecule has 0 aliphatic rings. The Hall–Kier alpha value is -1.81. The van der Waals surface area contributed by atoms with Crippen LogP contribution in [0.1, 0.15) is 16.0 Å². The van der Waals surface area contributed by atoms with Crippen LogP contribution in [0.3, 0.4) is 0 Å². The number of hydrogen-bond donors (Lipinski definition) is 2. The van der Waals surface area contributed by atoms with Crippen molar-refractivity contribution in [2.45, 2.75) is 18.1 Å². The van der Waals surface area contributed by atoms with Crippen LogP contribution in [-0.4, -0.2) is 20.1 Å². The molecule has 1 aromatic carbocycles. The molecule has 0 unspecified atom stereocenters. The number of nitrogens with one attached hydrogen (secondary N) is 1. The number of anilines is 1. The molecule has 0 amide bonds. The van der Waals surface area contributed by atoms with Crippen molar-refractivity contribution >= 4 is 27.0 Å². The highest BCUT2D eigenvalue weighted by atomic mass is 32.2. The van der Waals surface area contributed by atoms with E-state index in [1.807, 2.05) is 13.8 Å². The van der Waals surface area contributed by atoms with E-state index in [9.17, 15) is 8.42 Å². The van der Waals surface area contributed by atoms with Crippen molar-refractivity contribution in [2.75, 3.05) is 11.3 Å². The van der Waals surface area contributed by atoms with Crippen LogP contribution in [0, 0.1) is 25.7 Å². The normalized spacial score (nSPS) is 10.8. The van der Waals surface area contributed by atoms with E-state index in [2.05, 4.69) is 16.6 Å². The number of hydrogen-bond acceptors (Lipinski definition) is 4. The standard InChI is InChI=1S/C15H15NO3S2/c1-11-5-7-14(10-13(11)4-3-9-17)16-21(18,19)15-8-6-12(2)20-15/h5-8,10,16-17H,9H2,1-2H3. The average Bonchev–Trinajstić information content (AvgIpc) is 2.86. The van der Waals surface area contributed by atoms with Crippen LogP contribution < -0.4 is 4.72 Å². The van der Waals surface area contributed by atoms with Gasteiger partial charge in [-0.15, -0.1) is 11.3 Å². The maximum atomic E-state index is 12.2. The molecule has 0 atom stereocenters. The Morgan fingerprint density at radius 1 is 1.24 bits per heavy atom. The van der Waals surface area contributed by atoms with Gasteiger partial charge in [-0.3, -0.25) is 4.72 Å². The van der Waals surface area contributed by atoms with Gasteiger partial charge in [0.25, 0.3) is 10.0 Å². The smallest absolute Gasteiger partial charge is 0.271 e. The third-order valence-electron chi connectivity index (χ3n) is 2.77. The SMILES string of the molecule is Cc1ccc(S(=O)(=O)Nc2ccc(C)c(C#CCO)c2)s1. The van der Waals surface area contributed by atoms with Gasteiger partial charge >= 0.3 is 0 Å². The zero-order valence-corrected chi connectivity index (χ0v) is 13.3. The number of aliphatic hydroxyl groups excluding tert-OH is 1. The van der Waals surface area contributed by atoms with Gasteiger partial charge in [0.1, 0.15) is 10.8 Å². The summed E-state index contributed by atoms with van der Waals surface area (Å²) in [6, 6.07) is 8.50. The van der Waals surface area contributed by atoms with Crippen molar-refractivity contribution < 1.29 is 13.5 Å². The first-order chi connectivity index (χ1) is 9.92. The number of aryl methyl sites for hydroxylation is 2. The highest BCUT2D eigenvalue weighted by molar-refractivity contribution is 7.94. The molecule has 21 heavy (non-hydrogen) atoms. The molecule has 2 aromatic rings. The molecule has 0 bridgehead atoms. The Kier molecular flexibility index (Phi) is 4.68. The molecular weight excluding hydrogens is 306 g/mol. The van der Waals surface area contributed by atoms with E-state index in [-0.39, 0.29) is 10.8 Å². The van der Waals surface area contributed by atoms with Gasteiger partial charge in [0.2, 0.25) is 0 Å². The number of sulfonamides is 1. The molecule has 0 fully saturated rings. The summed E-state index contributed by atoms with van der Waals surface area (Å²) in [7, 11) is -3.57. The maximum Gasteiger partial charge on any atom is 0.271 e. The first kappa shape index (κ1) is 15.6. The van der Waals surface area contributed by atoms with Crippen LogP contribution in [0.15, 0.2) is 34.5 Å². The molecule has 0 radical (unpaired) electrons. The number of rotatable bonds is 3. The quantitative estimate of drug-likeness (QED) is 0.854. The second-order valence-electron chi connectivity index (χ2n) is 4.46. The summed E-state index contributed by atoms with van der Waals surface area (Å²) < 4.78 is 27.3. The second-order valence-corrected chi connectivity index (χ2v) is 7.66. The van der Waals surface area contributed by atoms with Gasteiger partial charge in [0.15, 0.2) is 0 Å². The van der Waals surface area contributed by atoms with Gasteiger partial charge in [-0.2, -0.15) is 0 Å². The Morgan fingerprint density at radius 3 is 2.62 bits per heavy atom. The fraction of sp³-hybridized carbons (Fsp3) is 0.200. The number of benzene rings is 1. The first-order valence-corrected chi connectivity index (χ1v) is 8.52. The van der Waals surface area contributed by atoms with E-state index in [1.165, 1.54) is 11.3 Å². The summed E-state index contributed by atoms with van der Waals surface area (Å²) in [5, 5.41) is 8.74. The van der Waals surface area contributed by atoms with Crippen molar-refractivity contribution in [3.63, 3.8) is 0 Å². The first-order valence-electron chi connectivity index (χ1n) is 6.22. The van der Waals surface area contributed by atoms with E-state index in [1.54, 1.807) is 30.3 Å². The van der Waals surface area contributed by atoms with Crippen LogP contribution in [0.2, 0.25) is 0 Å². The summed E-state index contributed by atoms with van der Waals surface area (Å²) in [4.78, 5) is 0.939. The summed E-state index contributed by atoms with van der Waals surface area (Å²) in [6.07, 6.45) is 0. The lowest BCUT2D eigenvalue weighted by Crippen LogP contribution is -2.11. The van der Waals surface area contributed by atoms with E-state index < -0.39 is 10.0 Å². The molecule has 0 aliphatic carbocycles. The van der Waals surface area contributed by atoms with E-state index in [4.69, 9.17) is 5.11 Å². The van der Waals surface area contributed by atoms with Crippen LogP contribution in [0.5, 0.6) is 0 Å². The average molecular weight is 321 g/mol. The zero-order chi connectivity index (χ0) is 15.5. The summed E-state index contributed by atoms with van der Waals surface area (Å²) >= 11 is 1.22. The highest BCUT2D eigenvalue weighted by Crippen LogP contribution is 2.24. The monoisotopic (exact) mass is 321 g/mol. The second kappa shape index (κ2) is 6.31. The van der Waals surface area contributed by atoms with E-state index >= 15 is 0 Å². The molecule has 6 heteroatoms. The van der Waals surface area contributed by atoms with Crippen molar-refractivity contribution in [3.8, 4) is 11.8 Å². The minimum absolute atomic E-state index is 0.232. The zero-order valence-electron chi connectivity index (χ0n) is 11.7. The Balaban J connectivity index is 2.31. The largest absolute Gasteiger partial charge is 0.384 e. The predicted octanol–water partition coefficient (Wildman–Crippen LogP) is 2.51. The van der Waals surface area contributed by atoms with Crippen LogP contribution >= 0.6 is 11.3 Å². The van der Waals surface area contributed by atoms with Crippen LogP contribution in [-0.2, 0) is 10.0 Å². The molecule has 0 spiro atoms. The van der Waals surface area contributed by atoms with Crippen LogP contribution in [0.4, 0.5) is 5.69 Å². The van der Waals surface area contributed by atoms with Gasteiger partial charge in [-0.1, -0.05) is 17.9 Å². The maximum absolute atomic E-state index is 12.2. The van der Waals surface area contributed by atoms with Crippen molar-refractivity contribution in [3.05, 3.63) is 46.3 Å². The van der Waals surface area contributed by atoms with Gasteiger partial charge in [0, 0.05) is 10.4 Å². The Morgan fingerprint density at radius 2 is 2.00 bits per heavy atom.